The van der Waals surface area contributed by atoms with Crippen molar-refractivity contribution in [1.82, 2.24) is 9.80 Å². The van der Waals surface area contributed by atoms with Gasteiger partial charge in [0.25, 0.3) is 0 Å². The molecule has 1 N–H and O–H groups in total. The quantitative estimate of drug-likeness (QED) is 0.663. The number of amides is 2. The standard InChI is InChI=1S/C20H21BrFN3O2S/c21-17-3-1-2-4-18(17)28-14-20(27)25-11-9-24(10-12-25)13-19(26)23-16-7-5-15(22)6-8-16/h1-8H,9-14H2,(H,23,26). The SMILES string of the molecule is O=C(CN1CCN(C(=O)CSc2ccccc2Br)CC1)Nc1ccc(F)cc1. The Morgan fingerprint density at radius 1 is 1.04 bits per heavy atom. The van der Waals surface area contributed by atoms with Gasteiger partial charge in [-0.25, -0.2) is 4.39 Å². The van der Waals surface area contributed by atoms with Gasteiger partial charge in [0.2, 0.25) is 11.8 Å². The summed E-state index contributed by atoms with van der Waals surface area (Å²) in [7, 11) is 0. The molecule has 148 valence electrons. The smallest absolute Gasteiger partial charge is 0.238 e. The molecule has 0 radical (unpaired) electrons. The number of hydrogen-bond acceptors (Lipinski definition) is 4. The van der Waals surface area contributed by atoms with Gasteiger partial charge in [0.05, 0.1) is 12.3 Å². The van der Waals surface area contributed by atoms with E-state index in [2.05, 4.69) is 21.2 Å². The van der Waals surface area contributed by atoms with Crippen LogP contribution in [0.3, 0.4) is 0 Å². The van der Waals surface area contributed by atoms with Gasteiger partial charge in [0.1, 0.15) is 5.82 Å². The number of carbonyl (C=O) groups is 2. The zero-order valence-electron chi connectivity index (χ0n) is 15.2. The molecule has 2 aromatic rings. The summed E-state index contributed by atoms with van der Waals surface area (Å²) in [6, 6.07) is 13.5. The van der Waals surface area contributed by atoms with Crippen LogP contribution in [0.25, 0.3) is 0 Å². The van der Waals surface area contributed by atoms with Crippen LogP contribution in [-0.2, 0) is 9.59 Å². The lowest BCUT2D eigenvalue weighted by Crippen LogP contribution is -2.50. The molecule has 1 heterocycles. The van der Waals surface area contributed by atoms with Crippen molar-refractivity contribution in [3.8, 4) is 0 Å². The van der Waals surface area contributed by atoms with Crippen LogP contribution in [0.1, 0.15) is 0 Å². The molecule has 0 saturated carbocycles. The van der Waals surface area contributed by atoms with Gasteiger partial charge in [-0.3, -0.25) is 14.5 Å². The minimum absolute atomic E-state index is 0.108. The van der Waals surface area contributed by atoms with E-state index >= 15 is 0 Å². The first-order valence-electron chi connectivity index (χ1n) is 8.94. The van der Waals surface area contributed by atoms with Crippen molar-refractivity contribution in [2.24, 2.45) is 0 Å². The maximum atomic E-state index is 12.9. The van der Waals surface area contributed by atoms with Crippen molar-refractivity contribution in [3.63, 3.8) is 0 Å². The Labute approximate surface area is 176 Å². The molecule has 2 aromatic carbocycles. The fourth-order valence-corrected chi connectivity index (χ4v) is 4.36. The van der Waals surface area contributed by atoms with Gasteiger partial charge in [-0.1, -0.05) is 12.1 Å². The molecule has 0 unspecified atom stereocenters. The summed E-state index contributed by atoms with van der Waals surface area (Å²) in [5.41, 5.74) is 0.573. The third-order valence-electron chi connectivity index (χ3n) is 4.41. The number of carbonyl (C=O) groups excluding carboxylic acids is 2. The second kappa shape index (κ2) is 10.0. The highest BCUT2D eigenvalue weighted by atomic mass is 79.9. The molecule has 0 aromatic heterocycles. The fourth-order valence-electron chi connectivity index (χ4n) is 2.88. The Balaban J connectivity index is 1.40. The zero-order chi connectivity index (χ0) is 19.9. The summed E-state index contributed by atoms with van der Waals surface area (Å²) in [6.45, 7) is 2.79. The molecule has 0 aliphatic carbocycles. The Hall–Kier alpha value is -1.90. The molecular formula is C20H21BrFN3O2S. The van der Waals surface area contributed by atoms with E-state index < -0.39 is 0 Å². The predicted octanol–water partition coefficient (Wildman–Crippen LogP) is 3.46. The molecule has 0 spiro atoms. The van der Waals surface area contributed by atoms with E-state index in [4.69, 9.17) is 0 Å². The highest BCUT2D eigenvalue weighted by Crippen LogP contribution is 2.27. The zero-order valence-corrected chi connectivity index (χ0v) is 17.6. The van der Waals surface area contributed by atoms with E-state index in [1.165, 1.54) is 36.0 Å². The monoisotopic (exact) mass is 465 g/mol. The van der Waals surface area contributed by atoms with Gasteiger partial charge >= 0.3 is 0 Å². The van der Waals surface area contributed by atoms with Gasteiger partial charge in [-0.2, -0.15) is 0 Å². The van der Waals surface area contributed by atoms with Crippen LogP contribution < -0.4 is 5.32 Å². The number of piperazine rings is 1. The minimum atomic E-state index is -0.337. The molecule has 1 aliphatic heterocycles. The number of halogens is 2. The van der Waals surface area contributed by atoms with E-state index in [1.54, 1.807) is 0 Å². The van der Waals surface area contributed by atoms with Crippen molar-refractivity contribution in [1.29, 1.82) is 0 Å². The first-order chi connectivity index (χ1) is 13.5. The van der Waals surface area contributed by atoms with E-state index in [1.807, 2.05) is 34.1 Å². The van der Waals surface area contributed by atoms with Crippen molar-refractivity contribution < 1.29 is 14.0 Å². The molecule has 0 bridgehead atoms. The molecule has 2 amide bonds. The largest absolute Gasteiger partial charge is 0.339 e. The van der Waals surface area contributed by atoms with Crippen LogP contribution in [0.2, 0.25) is 0 Å². The molecular weight excluding hydrogens is 445 g/mol. The summed E-state index contributed by atoms with van der Waals surface area (Å²) < 4.78 is 13.9. The Bertz CT molecular complexity index is 826. The van der Waals surface area contributed by atoms with Crippen molar-refractivity contribution in [3.05, 3.63) is 58.8 Å². The molecule has 28 heavy (non-hydrogen) atoms. The predicted molar refractivity (Wildman–Crippen MR) is 113 cm³/mol. The molecule has 8 heteroatoms. The highest BCUT2D eigenvalue weighted by molar-refractivity contribution is 9.10. The van der Waals surface area contributed by atoms with E-state index in [-0.39, 0.29) is 24.2 Å². The summed E-state index contributed by atoms with van der Waals surface area (Å²) in [6.07, 6.45) is 0. The molecule has 1 aliphatic rings. The Morgan fingerprint density at radius 3 is 2.39 bits per heavy atom. The minimum Gasteiger partial charge on any atom is -0.339 e. The van der Waals surface area contributed by atoms with Crippen molar-refractivity contribution in [2.45, 2.75) is 4.90 Å². The van der Waals surface area contributed by atoms with E-state index in [0.717, 1.165) is 9.37 Å². The fraction of sp³-hybridized carbons (Fsp3) is 0.300. The van der Waals surface area contributed by atoms with Gasteiger partial charge < -0.3 is 10.2 Å². The lowest BCUT2D eigenvalue weighted by atomic mass is 10.3. The first kappa shape index (κ1) is 20.8. The highest BCUT2D eigenvalue weighted by Gasteiger charge is 2.22. The van der Waals surface area contributed by atoms with Gasteiger partial charge in [0.15, 0.2) is 0 Å². The lowest BCUT2D eigenvalue weighted by Gasteiger charge is -2.34. The molecule has 3 rings (SSSR count). The van der Waals surface area contributed by atoms with Crippen LogP contribution in [0.5, 0.6) is 0 Å². The van der Waals surface area contributed by atoms with Crippen LogP contribution in [0.15, 0.2) is 57.9 Å². The molecule has 0 atom stereocenters. The molecule has 1 saturated heterocycles. The van der Waals surface area contributed by atoms with Crippen LogP contribution in [-0.4, -0.2) is 60.1 Å². The average molecular weight is 466 g/mol. The summed E-state index contributed by atoms with van der Waals surface area (Å²) >= 11 is 5.01. The van der Waals surface area contributed by atoms with Crippen molar-refractivity contribution >= 4 is 45.2 Å². The number of benzene rings is 2. The van der Waals surface area contributed by atoms with Gasteiger partial charge in [-0.05, 0) is 52.3 Å². The third-order valence-corrected chi connectivity index (χ3v) is 6.42. The lowest BCUT2D eigenvalue weighted by molar-refractivity contribution is -0.130. The number of nitrogens with zero attached hydrogens (tertiary/aromatic N) is 2. The van der Waals surface area contributed by atoms with E-state index in [0.29, 0.717) is 37.6 Å². The normalized spacial score (nSPS) is 14.7. The van der Waals surface area contributed by atoms with Crippen LogP contribution in [0, 0.1) is 5.82 Å². The van der Waals surface area contributed by atoms with Crippen LogP contribution >= 0.6 is 27.7 Å². The average Bonchev–Trinajstić information content (AvgIpc) is 2.69. The maximum absolute atomic E-state index is 12.9. The van der Waals surface area contributed by atoms with Crippen LogP contribution in [0.4, 0.5) is 10.1 Å². The Morgan fingerprint density at radius 2 is 1.71 bits per heavy atom. The number of anilines is 1. The second-order valence-electron chi connectivity index (χ2n) is 6.43. The summed E-state index contributed by atoms with van der Waals surface area (Å²) in [5.74, 6) is 0.0248. The van der Waals surface area contributed by atoms with Crippen molar-refractivity contribution in [2.75, 3.05) is 43.8 Å². The maximum Gasteiger partial charge on any atom is 0.238 e. The van der Waals surface area contributed by atoms with E-state index in [9.17, 15) is 14.0 Å². The molecule has 1 fully saturated rings. The number of thioether (sulfide) groups is 1. The summed E-state index contributed by atoms with van der Waals surface area (Å²) in [4.78, 5) is 29.5. The second-order valence-corrected chi connectivity index (χ2v) is 8.30. The number of nitrogens with one attached hydrogen (secondary N) is 1. The topological polar surface area (TPSA) is 52.7 Å². The Kier molecular flexibility index (Phi) is 7.47. The first-order valence-corrected chi connectivity index (χ1v) is 10.7. The number of hydrogen-bond donors (Lipinski definition) is 1. The van der Waals surface area contributed by atoms with Gasteiger partial charge in [0, 0.05) is 41.2 Å². The molecule has 5 nitrogen and oxygen atoms in total. The number of rotatable bonds is 6. The summed E-state index contributed by atoms with van der Waals surface area (Å²) in [5, 5.41) is 2.76. The third kappa shape index (κ3) is 6.05. The van der Waals surface area contributed by atoms with Gasteiger partial charge in [-0.15, -0.1) is 11.8 Å².